The number of halogens is 1. The number of carbonyl (C=O) groups is 2. The molecule has 0 saturated heterocycles. The van der Waals surface area contributed by atoms with Crippen LogP contribution in [-0.4, -0.2) is 31.1 Å². The summed E-state index contributed by atoms with van der Waals surface area (Å²) >= 11 is 0. The van der Waals surface area contributed by atoms with Gasteiger partial charge in [0.25, 0.3) is 0 Å². The highest BCUT2D eigenvalue weighted by Crippen LogP contribution is 2.24. The number of hydrogen-bond donors (Lipinski definition) is 0. The number of benzene rings is 1. The Morgan fingerprint density at radius 1 is 1.19 bits per heavy atom. The molecule has 0 aliphatic carbocycles. The van der Waals surface area contributed by atoms with Crippen molar-refractivity contribution in [3.8, 4) is 11.5 Å². The highest BCUT2D eigenvalue weighted by molar-refractivity contribution is 6.00. The van der Waals surface area contributed by atoms with Crippen LogP contribution in [0.1, 0.15) is 26.6 Å². The van der Waals surface area contributed by atoms with Gasteiger partial charge in [0.2, 0.25) is 17.3 Å². The SMILES string of the molecule is COC(=O)c1nc(-c2ccc(C)c(F)c2)oc1C(=O)OC. The summed E-state index contributed by atoms with van der Waals surface area (Å²) in [5, 5.41) is 0. The summed E-state index contributed by atoms with van der Waals surface area (Å²) in [7, 11) is 2.28. The van der Waals surface area contributed by atoms with E-state index >= 15 is 0 Å². The maximum absolute atomic E-state index is 13.6. The topological polar surface area (TPSA) is 78.6 Å². The zero-order valence-electron chi connectivity index (χ0n) is 11.6. The van der Waals surface area contributed by atoms with E-state index in [1.807, 2.05) is 0 Å². The third-order valence-electron chi connectivity index (χ3n) is 2.80. The molecule has 0 spiro atoms. The van der Waals surface area contributed by atoms with E-state index in [1.165, 1.54) is 12.1 Å². The minimum Gasteiger partial charge on any atom is -0.464 e. The average Bonchev–Trinajstić information content (AvgIpc) is 2.93. The first-order valence-corrected chi connectivity index (χ1v) is 5.92. The molecule has 0 amide bonds. The first-order valence-electron chi connectivity index (χ1n) is 5.92. The van der Waals surface area contributed by atoms with Crippen molar-refractivity contribution in [1.82, 2.24) is 4.98 Å². The van der Waals surface area contributed by atoms with Gasteiger partial charge in [-0.05, 0) is 24.6 Å². The first kappa shape index (κ1) is 14.7. The Morgan fingerprint density at radius 3 is 2.43 bits per heavy atom. The zero-order chi connectivity index (χ0) is 15.6. The van der Waals surface area contributed by atoms with Crippen LogP contribution in [0, 0.1) is 12.7 Å². The number of rotatable bonds is 3. The fraction of sp³-hybridized carbons (Fsp3) is 0.214. The predicted molar refractivity (Wildman–Crippen MR) is 69.3 cm³/mol. The van der Waals surface area contributed by atoms with Gasteiger partial charge in [-0.2, -0.15) is 0 Å². The van der Waals surface area contributed by atoms with Gasteiger partial charge in [0.05, 0.1) is 14.2 Å². The van der Waals surface area contributed by atoms with E-state index in [1.54, 1.807) is 13.0 Å². The van der Waals surface area contributed by atoms with Crippen LogP contribution in [0.15, 0.2) is 22.6 Å². The molecule has 0 aliphatic rings. The van der Waals surface area contributed by atoms with Crippen molar-refractivity contribution in [2.24, 2.45) is 0 Å². The third kappa shape index (κ3) is 2.76. The lowest BCUT2D eigenvalue weighted by Gasteiger charge is -1.98. The second kappa shape index (κ2) is 5.74. The lowest BCUT2D eigenvalue weighted by atomic mass is 10.1. The normalized spacial score (nSPS) is 10.3. The summed E-state index contributed by atoms with van der Waals surface area (Å²) in [6, 6.07) is 4.29. The Hall–Kier alpha value is -2.70. The molecule has 0 atom stereocenters. The molecule has 6 nitrogen and oxygen atoms in total. The Bertz CT molecular complexity index is 674. The monoisotopic (exact) mass is 293 g/mol. The van der Waals surface area contributed by atoms with Gasteiger partial charge in [-0.1, -0.05) is 6.07 Å². The van der Waals surface area contributed by atoms with Crippen LogP contribution in [0.4, 0.5) is 4.39 Å². The molecule has 2 rings (SSSR count). The Labute approximate surface area is 119 Å². The predicted octanol–water partition coefficient (Wildman–Crippen LogP) is 2.36. The van der Waals surface area contributed by atoms with Gasteiger partial charge in [-0.3, -0.25) is 0 Å². The van der Waals surface area contributed by atoms with Gasteiger partial charge in [-0.15, -0.1) is 0 Å². The molecule has 0 fully saturated rings. The minimum atomic E-state index is -0.873. The van der Waals surface area contributed by atoms with Crippen molar-refractivity contribution in [1.29, 1.82) is 0 Å². The summed E-state index contributed by atoms with van der Waals surface area (Å²) in [6.07, 6.45) is 0. The van der Waals surface area contributed by atoms with E-state index in [2.05, 4.69) is 14.5 Å². The number of aryl methyl sites for hydroxylation is 1. The number of nitrogens with zero attached hydrogens (tertiary/aromatic N) is 1. The van der Waals surface area contributed by atoms with Crippen LogP contribution < -0.4 is 0 Å². The Balaban J connectivity index is 2.55. The summed E-state index contributed by atoms with van der Waals surface area (Å²) in [4.78, 5) is 27.1. The number of hydrogen-bond acceptors (Lipinski definition) is 6. The molecule has 21 heavy (non-hydrogen) atoms. The van der Waals surface area contributed by atoms with Crippen molar-refractivity contribution in [2.45, 2.75) is 6.92 Å². The highest BCUT2D eigenvalue weighted by atomic mass is 19.1. The molecule has 7 heteroatoms. The standard InChI is InChI=1S/C14H12FNO5/c1-7-4-5-8(6-9(7)15)12-16-10(13(17)19-2)11(21-12)14(18)20-3/h4-6H,1-3H3. The molecular weight excluding hydrogens is 281 g/mol. The Morgan fingerprint density at radius 2 is 1.86 bits per heavy atom. The molecule has 0 aliphatic heterocycles. The number of ether oxygens (including phenoxy) is 2. The number of oxazole rings is 1. The van der Waals surface area contributed by atoms with Crippen molar-refractivity contribution in [3.63, 3.8) is 0 Å². The molecule has 0 unspecified atom stereocenters. The van der Waals surface area contributed by atoms with Crippen LogP contribution in [-0.2, 0) is 9.47 Å². The fourth-order valence-electron chi connectivity index (χ4n) is 1.64. The zero-order valence-corrected chi connectivity index (χ0v) is 11.6. The maximum Gasteiger partial charge on any atom is 0.376 e. The van der Waals surface area contributed by atoms with Crippen LogP contribution in [0.25, 0.3) is 11.5 Å². The molecular formula is C14H12FNO5. The summed E-state index contributed by atoms with van der Waals surface area (Å²) < 4.78 is 27.8. The molecule has 0 bridgehead atoms. The lowest BCUT2D eigenvalue weighted by molar-refractivity contribution is 0.0527. The van der Waals surface area contributed by atoms with E-state index < -0.39 is 17.8 Å². The second-order valence-electron chi connectivity index (χ2n) is 4.14. The summed E-state index contributed by atoms with van der Waals surface area (Å²) in [5.74, 6) is -2.64. The van der Waals surface area contributed by atoms with Gasteiger partial charge >= 0.3 is 11.9 Å². The minimum absolute atomic E-state index is 0.0744. The lowest BCUT2D eigenvalue weighted by Crippen LogP contribution is -2.10. The number of aromatic nitrogens is 1. The second-order valence-corrected chi connectivity index (χ2v) is 4.14. The molecule has 1 aromatic carbocycles. The molecule has 2 aromatic rings. The van der Waals surface area contributed by atoms with E-state index in [4.69, 9.17) is 4.42 Å². The van der Waals surface area contributed by atoms with Crippen molar-refractivity contribution in [3.05, 3.63) is 41.0 Å². The van der Waals surface area contributed by atoms with Crippen LogP contribution in [0.2, 0.25) is 0 Å². The molecule has 1 heterocycles. The van der Waals surface area contributed by atoms with Gasteiger partial charge in [0.1, 0.15) is 5.82 Å². The highest BCUT2D eigenvalue weighted by Gasteiger charge is 2.27. The molecule has 0 saturated carbocycles. The fourth-order valence-corrected chi connectivity index (χ4v) is 1.64. The summed E-state index contributed by atoms with van der Waals surface area (Å²) in [6.45, 7) is 1.61. The van der Waals surface area contributed by atoms with E-state index in [9.17, 15) is 14.0 Å². The number of carbonyl (C=O) groups excluding carboxylic acids is 2. The summed E-state index contributed by atoms with van der Waals surface area (Å²) in [5.41, 5.74) is 0.422. The van der Waals surface area contributed by atoms with E-state index in [0.29, 0.717) is 11.1 Å². The molecule has 0 radical (unpaired) electrons. The van der Waals surface area contributed by atoms with Crippen LogP contribution >= 0.6 is 0 Å². The average molecular weight is 293 g/mol. The van der Waals surface area contributed by atoms with Crippen molar-refractivity contribution in [2.75, 3.05) is 14.2 Å². The largest absolute Gasteiger partial charge is 0.464 e. The van der Waals surface area contributed by atoms with Gasteiger partial charge in [0, 0.05) is 5.56 Å². The van der Waals surface area contributed by atoms with Crippen LogP contribution in [0.3, 0.4) is 0 Å². The molecule has 1 aromatic heterocycles. The maximum atomic E-state index is 13.6. The van der Waals surface area contributed by atoms with Gasteiger partial charge in [-0.25, -0.2) is 19.0 Å². The molecule has 0 N–H and O–H groups in total. The van der Waals surface area contributed by atoms with Crippen molar-refractivity contribution >= 4 is 11.9 Å². The third-order valence-corrected chi connectivity index (χ3v) is 2.80. The Kier molecular flexibility index (Phi) is 4.02. The van der Waals surface area contributed by atoms with Crippen molar-refractivity contribution < 1.29 is 27.9 Å². The molecule has 110 valence electrons. The van der Waals surface area contributed by atoms with E-state index in [-0.39, 0.29) is 17.3 Å². The quantitative estimate of drug-likeness (QED) is 0.808. The van der Waals surface area contributed by atoms with Crippen LogP contribution in [0.5, 0.6) is 0 Å². The number of methoxy groups -OCH3 is 2. The van der Waals surface area contributed by atoms with E-state index in [0.717, 1.165) is 14.2 Å². The first-order chi connectivity index (χ1) is 9.97. The van der Waals surface area contributed by atoms with Gasteiger partial charge < -0.3 is 13.9 Å². The van der Waals surface area contributed by atoms with Gasteiger partial charge in [0.15, 0.2) is 0 Å². The smallest absolute Gasteiger partial charge is 0.376 e. The number of esters is 2.